The minimum absolute atomic E-state index is 0.0411. The van der Waals surface area contributed by atoms with Crippen LogP contribution < -0.4 is 27.0 Å². The Labute approximate surface area is 309 Å². The summed E-state index contributed by atoms with van der Waals surface area (Å²) in [6.45, 7) is 7.09. The molecule has 0 aliphatic rings. The Hall–Kier alpha value is -6.15. The number of aromatic amines is 2. The van der Waals surface area contributed by atoms with Crippen LogP contribution in [0.15, 0.2) is 48.5 Å². The number of nitrogens with zero attached hydrogens (tertiary/aromatic N) is 6. The lowest BCUT2D eigenvalue weighted by Gasteiger charge is -2.29. The molecule has 20 heteroatoms. The predicted octanol–water partition coefficient (Wildman–Crippen LogP) is -0.0625. The van der Waals surface area contributed by atoms with E-state index in [0.717, 1.165) is 0 Å². The van der Waals surface area contributed by atoms with Gasteiger partial charge in [0.2, 0.25) is 29.4 Å². The van der Waals surface area contributed by atoms with Gasteiger partial charge in [0.05, 0.1) is 12.1 Å². The molecule has 288 valence electrons. The number of hydrogen-bond donors (Lipinski definition) is 9. The molecule has 4 amide bonds. The van der Waals surface area contributed by atoms with Crippen LogP contribution >= 0.6 is 0 Å². The Balaban J connectivity index is 1.55. The molecule has 2 aromatic carbocycles. The molecule has 0 saturated carbocycles. The second-order valence-corrected chi connectivity index (χ2v) is 13.5. The summed E-state index contributed by atoms with van der Waals surface area (Å²) < 4.78 is 0. The Morgan fingerprint density at radius 3 is 1.93 bits per heavy atom. The summed E-state index contributed by atoms with van der Waals surface area (Å²) in [6.07, 6.45) is -2.03. The fraction of sp³-hybridized carbons (Fsp3) is 0.441. The number of carbonyl (C=O) groups is 5. The average molecular weight is 748 g/mol. The zero-order valence-electron chi connectivity index (χ0n) is 30.2. The Morgan fingerprint density at radius 1 is 0.796 bits per heavy atom. The third kappa shape index (κ3) is 11.7. The molecule has 0 aliphatic carbocycles. The smallest absolute Gasteiger partial charge is 0.303 e. The summed E-state index contributed by atoms with van der Waals surface area (Å²) in [5.74, 6) is -4.11. The minimum atomic E-state index is -1.79. The van der Waals surface area contributed by atoms with Gasteiger partial charge in [-0.05, 0) is 65.3 Å². The van der Waals surface area contributed by atoms with Crippen LogP contribution in [0.1, 0.15) is 52.5 Å². The molecular weight excluding hydrogens is 702 g/mol. The Kier molecular flexibility index (Phi) is 14.4. The van der Waals surface area contributed by atoms with E-state index in [1.165, 1.54) is 0 Å². The summed E-state index contributed by atoms with van der Waals surface area (Å²) in [5, 5.41) is 59.0. The number of carboxylic acids is 1. The number of benzene rings is 2. The van der Waals surface area contributed by atoms with E-state index in [1.807, 2.05) is 13.8 Å². The number of amides is 4. The van der Waals surface area contributed by atoms with E-state index in [1.54, 1.807) is 62.4 Å². The third-order valence-electron chi connectivity index (χ3n) is 8.28. The number of aliphatic carboxylic acids is 1. The zero-order valence-corrected chi connectivity index (χ0v) is 30.2. The van der Waals surface area contributed by atoms with Gasteiger partial charge in [0.15, 0.2) is 6.10 Å². The fourth-order valence-electron chi connectivity index (χ4n) is 5.49. The molecule has 0 fully saturated rings. The van der Waals surface area contributed by atoms with Crippen molar-refractivity contribution in [2.24, 2.45) is 17.6 Å². The van der Waals surface area contributed by atoms with Gasteiger partial charge in [0, 0.05) is 23.2 Å². The van der Waals surface area contributed by atoms with E-state index in [4.69, 9.17) is 10.8 Å². The molecule has 0 radical (unpaired) electrons. The van der Waals surface area contributed by atoms with Gasteiger partial charge in [-0.25, -0.2) is 0 Å². The van der Waals surface area contributed by atoms with E-state index in [-0.39, 0.29) is 48.9 Å². The Bertz CT molecular complexity index is 1800. The van der Waals surface area contributed by atoms with Gasteiger partial charge in [-0.15, -0.1) is 20.4 Å². The first-order chi connectivity index (χ1) is 25.7. The number of nitrogens with one attached hydrogen (secondary N) is 6. The standard InChI is InChI=1S/C34H45N13O7/c1-17(2)12-25(38-33(53)27(18(3)4)39-31(51)23(35)10-11-26(48)49)32(52)37-24(13-19-8-6-5-7-9-19)28(50)34(54)36-22-15-20(29-40-44-45-41-29)14-21(16-22)30-42-46-47-43-30/h5-9,14-18,23-25,27-28,50H,10-13,35H2,1-4H3,(H,36,54)(H,37,52)(H,38,53)(H,39,51)(H,48,49)(H,40,41,44,45)(H,42,43,46,47)/t23-,24-,25-,27-,28+/m0/s1. The van der Waals surface area contributed by atoms with Gasteiger partial charge in [-0.2, -0.15) is 10.4 Å². The quantitative estimate of drug-likeness (QED) is 0.0607. The van der Waals surface area contributed by atoms with E-state index < -0.39 is 65.8 Å². The fourth-order valence-corrected chi connectivity index (χ4v) is 5.49. The normalized spacial score (nSPS) is 14.1. The molecule has 0 spiro atoms. The van der Waals surface area contributed by atoms with Crippen LogP contribution in [0.2, 0.25) is 0 Å². The molecule has 0 unspecified atom stereocenters. The summed E-state index contributed by atoms with van der Waals surface area (Å²) in [5.41, 5.74) is 7.67. The van der Waals surface area contributed by atoms with Crippen LogP contribution in [-0.2, 0) is 30.4 Å². The van der Waals surface area contributed by atoms with Crippen molar-refractivity contribution >= 4 is 35.3 Å². The molecule has 0 bridgehead atoms. The van der Waals surface area contributed by atoms with Crippen LogP contribution in [0, 0.1) is 11.8 Å². The number of carbonyl (C=O) groups excluding carboxylic acids is 4. The van der Waals surface area contributed by atoms with E-state index >= 15 is 0 Å². The first-order valence-corrected chi connectivity index (χ1v) is 17.3. The summed E-state index contributed by atoms with van der Waals surface area (Å²) in [4.78, 5) is 64.9. The SMILES string of the molecule is CC(C)C[C@H](NC(=O)[C@@H](NC(=O)[C@@H](N)CCC(=O)O)C(C)C)C(=O)N[C@@H](Cc1ccccc1)[C@@H](O)C(=O)Nc1cc(-c2nn[nH]n2)cc(-c2nn[nH]n2)c1. The number of carboxylic acid groups (broad SMARTS) is 1. The molecule has 4 aromatic rings. The molecule has 2 heterocycles. The molecule has 20 nitrogen and oxygen atoms in total. The van der Waals surface area contributed by atoms with Gasteiger partial charge in [-0.3, -0.25) is 24.0 Å². The first-order valence-electron chi connectivity index (χ1n) is 17.3. The van der Waals surface area contributed by atoms with Crippen molar-refractivity contribution in [1.29, 1.82) is 0 Å². The van der Waals surface area contributed by atoms with Crippen molar-refractivity contribution in [3.8, 4) is 22.8 Å². The van der Waals surface area contributed by atoms with Gasteiger partial charge in [-0.1, -0.05) is 58.0 Å². The maximum absolute atomic E-state index is 13.9. The maximum atomic E-state index is 13.9. The number of aromatic nitrogens is 8. The van der Waals surface area contributed by atoms with Gasteiger partial charge in [0.25, 0.3) is 5.91 Å². The first kappa shape index (κ1) is 40.6. The van der Waals surface area contributed by atoms with Crippen LogP contribution in [0.25, 0.3) is 22.8 Å². The minimum Gasteiger partial charge on any atom is -0.481 e. The van der Waals surface area contributed by atoms with Crippen LogP contribution in [-0.4, -0.2) is 111 Å². The van der Waals surface area contributed by atoms with E-state index in [2.05, 4.69) is 62.5 Å². The largest absolute Gasteiger partial charge is 0.481 e. The summed E-state index contributed by atoms with van der Waals surface area (Å²) in [6, 6.07) is 9.11. The number of aliphatic hydroxyl groups excluding tert-OH is 1. The van der Waals surface area contributed by atoms with Crippen LogP contribution in [0.5, 0.6) is 0 Å². The van der Waals surface area contributed by atoms with Crippen LogP contribution in [0.3, 0.4) is 0 Å². The lowest BCUT2D eigenvalue weighted by atomic mass is 9.97. The highest BCUT2D eigenvalue weighted by molar-refractivity contribution is 5.97. The average Bonchev–Trinajstić information content (AvgIpc) is 3.88. The summed E-state index contributed by atoms with van der Waals surface area (Å²) >= 11 is 0. The molecular formula is C34H45N13O7. The monoisotopic (exact) mass is 747 g/mol. The topological polar surface area (TPSA) is 309 Å². The highest BCUT2D eigenvalue weighted by Gasteiger charge is 2.34. The number of aliphatic hydroxyl groups is 1. The molecule has 5 atom stereocenters. The molecule has 10 N–H and O–H groups in total. The van der Waals surface area contributed by atoms with E-state index in [0.29, 0.717) is 16.7 Å². The third-order valence-corrected chi connectivity index (χ3v) is 8.28. The number of H-pyrrole nitrogens is 2. The summed E-state index contributed by atoms with van der Waals surface area (Å²) in [7, 11) is 0. The predicted molar refractivity (Wildman–Crippen MR) is 192 cm³/mol. The van der Waals surface area contributed by atoms with Crippen molar-refractivity contribution in [2.45, 2.75) is 83.6 Å². The lowest BCUT2D eigenvalue weighted by Crippen LogP contribution is -2.59. The number of hydrogen-bond acceptors (Lipinski definition) is 13. The second kappa shape index (κ2) is 19.1. The van der Waals surface area contributed by atoms with Crippen molar-refractivity contribution < 1.29 is 34.2 Å². The van der Waals surface area contributed by atoms with Gasteiger partial charge < -0.3 is 37.2 Å². The number of nitrogens with two attached hydrogens (primary N) is 1. The Morgan fingerprint density at radius 2 is 1.41 bits per heavy atom. The maximum Gasteiger partial charge on any atom is 0.303 e. The van der Waals surface area contributed by atoms with Gasteiger partial charge in [0.1, 0.15) is 12.1 Å². The highest BCUT2D eigenvalue weighted by atomic mass is 16.4. The number of rotatable bonds is 19. The molecule has 0 aliphatic heterocycles. The highest BCUT2D eigenvalue weighted by Crippen LogP contribution is 2.27. The van der Waals surface area contributed by atoms with Crippen molar-refractivity contribution in [1.82, 2.24) is 57.2 Å². The molecule has 54 heavy (non-hydrogen) atoms. The van der Waals surface area contributed by atoms with Crippen molar-refractivity contribution in [3.05, 3.63) is 54.1 Å². The lowest BCUT2D eigenvalue weighted by molar-refractivity contribution is -0.137. The molecule has 2 aromatic heterocycles. The molecule has 4 rings (SSSR count). The van der Waals surface area contributed by atoms with Crippen molar-refractivity contribution in [3.63, 3.8) is 0 Å². The van der Waals surface area contributed by atoms with Crippen molar-refractivity contribution in [2.75, 3.05) is 5.32 Å². The molecule has 0 saturated heterocycles. The van der Waals surface area contributed by atoms with Gasteiger partial charge >= 0.3 is 5.97 Å². The zero-order chi connectivity index (χ0) is 39.4. The number of anilines is 1. The van der Waals surface area contributed by atoms with Crippen LogP contribution in [0.4, 0.5) is 5.69 Å². The number of tetrazole rings is 2. The van der Waals surface area contributed by atoms with E-state index in [9.17, 15) is 29.1 Å². The second-order valence-electron chi connectivity index (χ2n) is 13.5.